The highest BCUT2D eigenvalue weighted by Gasteiger charge is 2.27. The molecule has 0 bridgehead atoms. The van der Waals surface area contributed by atoms with Crippen molar-refractivity contribution in [2.75, 3.05) is 0 Å². The van der Waals surface area contributed by atoms with Crippen LogP contribution in [0.15, 0.2) is 346 Å². The third-order valence-electron chi connectivity index (χ3n) is 20.6. The number of aromatic nitrogens is 14. The van der Waals surface area contributed by atoms with Crippen LogP contribution < -0.4 is 0 Å². The zero-order chi connectivity index (χ0) is 76.9. The van der Waals surface area contributed by atoms with Gasteiger partial charge in [-0.25, -0.2) is 59.8 Å². The van der Waals surface area contributed by atoms with E-state index >= 15 is 0 Å². The van der Waals surface area contributed by atoms with E-state index in [1.165, 1.54) is 0 Å². The third kappa shape index (κ3) is 12.9. The fraction of sp³-hybridized carbons (Fsp3) is 0.0101. The average Bonchev–Trinajstić information content (AvgIpc) is 1.57. The summed E-state index contributed by atoms with van der Waals surface area (Å²) in [5.41, 5.74) is 17.0. The summed E-state index contributed by atoms with van der Waals surface area (Å²) in [6, 6.07) is 120. The molecule has 0 aliphatic carbocycles. The van der Waals surface area contributed by atoms with Crippen molar-refractivity contribution in [2.24, 2.45) is 0 Å². The first-order valence-electron chi connectivity index (χ1n) is 37.5. The summed E-state index contributed by atoms with van der Waals surface area (Å²) < 4.78 is 4.35. The molecule has 6 aromatic heterocycles. The Bertz CT molecular complexity index is 6280. The van der Waals surface area contributed by atoms with Crippen LogP contribution in [0, 0.1) is 29.6 Å². The second-order valence-electron chi connectivity index (χ2n) is 28.0. The molecule has 16 nitrogen and oxygen atoms in total. The Morgan fingerprint density at radius 3 is 0.617 bits per heavy atom. The Balaban J connectivity index is 0.862. The number of hydrogen-bond acceptors (Lipinski definition) is 14. The molecule has 0 spiro atoms. The lowest BCUT2D eigenvalue weighted by Crippen LogP contribution is -2.05. The number of nitriles is 2. The van der Waals surface area contributed by atoms with Crippen molar-refractivity contribution >= 4 is 43.6 Å². The van der Waals surface area contributed by atoms with Gasteiger partial charge in [0.25, 0.3) is 0 Å². The van der Waals surface area contributed by atoms with Gasteiger partial charge < -0.3 is 9.13 Å². The molecular formula is C99H60N16. The van der Waals surface area contributed by atoms with Crippen LogP contribution in [0.5, 0.6) is 0 Å². The van der Waals surface area contributed by atoms with Gasteiger partial charge in [0.05, 0.1) is 45.1 Å². The highest BCUT2D eigenvalue weighted by molar-refractivity contribution is 6.14. The molecule has 0 atom stereocenters. The van der Waals surface area contributed by atoms with Crippen molar-refractivity contribution in [1.29, 1.82) is 10.5 Å². The summed E-state index contributed by atoms with van der Waals surface area (Å²) in [4.78, 5) is 62.2. The van der Waals surface area contributed by atoms with E-state index in [2.05, 4.69) is 88.0 Å². The standard InChI is InChI=1S/C99H60N16/c1-61-50-62(59-100)52-75(51-61)76-57-86(114-82-46-42-71(96-106-88(63-26-10-2-11-27-63)102-89(107-96)64-28-12-3-13-29-64)53-77(82)78-54-72(43-47-83(78)114)97-108-90(65-30-14-4-15-31-65)103-91(109-97)66-32-16-5-17-33-66)81(60-101)87(58-76)115-84-48-44-73(98-110-92(67-34-18-6-19-35-67)104-93(111-98)68-36-20-7-21-37-68)55-79(84)80-56-74(45-49-85(80)115)99-112-94(69-38-22-8-23-39-69)105-95(113-99)70-40-24-9-25-41-70/h2-58H,1H3. The molecule has 0 N–H and O–H groups in total. The summed E-state index contributed by atoms with van der Waals surface area (Å²) in [6.45, 7) is 1.99. The summed E-state index contributed by atoms with van der Waals surface area (Å²) in [7, 11) is 0. The minimum atomic E-state index is 0.348. The maximum Gasteiger partial charge on any atom is 0.164 e. The smallest absolute Gasteiger partial charge is 0.164 e. The molecule has 0 amide bonds. The van der Waals surface area contributed by atoms with E-state index in [0.29, 0.717) is 92.4 Å². The lowest BCUT2D eigenvalue weighted by molar-refractivity contribution is 1.07. The maximum atomic E-state index is 12.6. The zero-order valence-corrected chi connectivity index (χ0v) is 61.6. The first-order chi connectivity index (χ1) is 56.8. The van der Waals surface area contributed by atoms with Crippen molar-refractivity contribution in [3.8, 4) is 171 Å². The monoisotopic (exact) mass is 1470 g/mol. The van der Waals surface area contributed by atoms with E-state index in [-0.39, 0.29) is 0 Å². The van der Waals surface area contributed by atoms with E-state index in [1.54, 1.807) is 0 Å². The quantitative estimate of drug-likeness (QED) is 0.0934. The minimum absolute atomic E-state index is 0.348. The number of nitrogens with zero attached hydrogens (tertiary/aromatic N) is 16. The van der Waals surface area contributed by atoms with Gasteiger partial charge in [0.1, 0.15) is 11.6 Å². The van der Waals surface area contributed by atoms with Gasteiger partial charge in [0.15, 0.2) is 69.9 Å². The summed E-state index contributed by atoms with van der Waals surface area (Å²) >= 11 is 0. The van der Waals surface area contributed by atoms with E-state index < -0.39 is 0 Å². The van der Waals surface area contributed by atoms with Crippen LogP contribution in [0.2, 0.25) is 0 Å². The molecule has 0 unspecified atom stereocenters. The minimum Gasteiger partial charge on any atom is -0.308 e. The highest BCUT2D eigenvalue weighted by Crippen LogP contribution is 2.45. The number of hydrogen-bond donors (Lipinski definition) is 0. The molecule has 0 fully saturated rings. The van der Waals surface area contributed by atoms with Crippen LogP contribution in [0.3, 0.4) is 0 Å². The topological polar surface area (TPSA) is 212 Å². The van der Waals surface area contributed by atoms with Gasteiger partial charge >= 0.3 is 0 Å². The molecule has 6 heterocycles. The van der Waals surface area contributed by atoms with Gasteiger partial charge in [-0.05, 0) is 121 Å². The molecule has 0 saturated carbocycles. The number of aryl methyl sites for hydroxylation is 1. The van der Waals surface area contributed by atoms with Crippen LogP contribution in [-0.4, -0.2) is 68.9 Å². The molecule has 536 valence electrons. The summed E-state index contributed by atoms with van der Waals surface area (Å²) in [5.74, 6) is 5.99. The van der Waals surface area contributed by atoms with Crippen molar-refractivity contribution in [2.45, 2.75) is 6.92 Å². The fourth-order valence-electron chi connectivity index (χ4n) is 15.1. The maximum absolute atomic E-state index is 12.6. The van der Waals surface area contributed by atoms with Gasteiger partial charge in [-0.1, -0.05) is 249 Å². The van der Waals surface area contributed by atoms with E-state index in [4.69, 9.17) is 59.8 Å². The average molecular weight is 1470 g/mol. The molecule has 0 radical (unpaired) electrons. The molecule has 0 aliphatic heterocycles. The Morgan fingerprint density at radius 1 is 0.200 bits per heavy atom. The normalized spacial score (nSPS) is 11.3. The van der Waals surface area contributed by atoms with Gasteiger partial charge in [-0.2, -0.15) is 10.5 Å². The molecule has 16 heteroatoms. The molecule has 20 aromatic rings. The first kappa shape index (κ1) is 68.0. The molecule has 0 saturated heterocycles. The van der Waals surface area contributed by atoms with Crippen molar-refractivity contribution < 1.29 is 0 Å². The van der Waals surface area contributed by atoms with Crippen LogP contribution >= 0.6 is 0 Å². The van der Waals surface area contributed by atoms with E-state index in [0.717, 1.165) is 127 Å². The number of benzene rings is 14. The Kier molecular flexibility index (Phi) is 17.1. The second kappa shape index (κ2) is 28.9. The SMILES string of the molecule is Cc1cc(C#N)cc(-c2cc(-n3c4ccc(-c5nc(-c6ccccc6)nc(-c6ccccc6)n5)cc4c4cc(-c5nc(-c6ccccc6)nc(-c6ccccc6)n5)ccc43)c(C#N)c(-n3c4ccc(-c5nc(-c6ccccc6)nc(-c6ccccc6)n5)cc4c4cc(-c5nc(-c6ccccc6)nc(-c6ccccc6)n5)ccc43)c2)c1. The molecule has 0 aliphatic rings. The second-order valence-corrected chi connectivity index (χ2v) is 28.0. The lowest BCUT2D eigenvalue weighted by atomic mass is 9.97. The van der Waals surface area contributed by atoms with E-state index in [1.807, 2.05) is 286 Å². The third-order valence-corrected chi connectivity index (χ3v) is 20.6. The molecule has 14 aromatic carbocycles. The fourth-order valence-corrected chi connectivity index (χ4v) is 15.1. The highest BCUT2D eigenvalue weighted by atomic mass is 15.1. The Hall–Kier alpha value is -16.3. The number of fused-ring (bicyclic) bond motifs is 6. The van der Waals surface area contributed by atoms with Crippen LogP contribution in [0.4, 0.5) is 0 Å². The zero-order valence-electron chi connectivity index (χ0n) is 61.6. The molecule has 20 rings (SSSR count). The predicted molar refractivity (Wildman–Crippen MR) is 453 cm³/mol. The van der Waals surface area contributed by atoms with Crippen LogP contribution in [0.1, 0.15) is 16.7 Å². The van der Waals surface area contributed by atoms with Gasteiger partial charge in [-0.3, -0.25) is 0 Å². The first-order valence-corrected chi connectivity index (χ1v) is 37.5. The number of rotatable bonds is 15. The van der Waals surface area contributed by atoms with Gasteiger partial charge in [-0.15, -0.1) is 0 Å². The van der Waals surface area contributed by atoms with Crippen LogP contribution in [0.25, 0.3) is 203 Å². The van der Waals surface area contributed by atoms with Crippen molar-refractivity contribution in [3.05, 3.63) is 362 Å². The van der Waals surface area contributed by atoms with E-state index in [9.17, 15) is 10.5 Å². The summed E-state index contributed by atoms with van der Waals surface area (Å²) in [5, 5.41) is 26.6. The largest absolute Gasteiger partial charge is 0.308 e. The van der Waals surface area contributed by atoms with Crippen molar-refractivity contribution in [1.82, 2.24) is 68.9 Å². The molecular weight excluding hydrogens is 1410 g/mol. The van der Waals surface area contributed by atoms with Crippen LogP contribution in [-0.2, 0) is 0 Å². The summed E-state index contributed by atoms with van der Waals surface area (Å²) in [6.07, 6.45) is 0. The Labute approximate surface area is 659 Å². The van der Waals surface area contributed by atoms with Crippen molar-refractivity contribution in [3.63, 3.8) is 0 Å². The predicted octanol–water partition coefficient (Wildman–Crippen LogP) is 22.3. The molecule has 115 heavy (non-hydrogen) atoms. The van der Waals surface area contributed by atoms with Gasteiger partial charge in [0.2, 0.25) is 0 Å². The van der Waals surface area contributed by atoms with Gasteiger partial charge in [0, 0.05) is 88.3 Å². The lowest BCUT2D eigenvalue weighted by Gasteiger charge is -2.19. The Morgan fingerprint density at radius 2 is 0.409 bits per heavy atom.